The molecule has 2 aromatic heterocycles. The van der Waals surface area contributed by atoms with Crippen molar-refractivity contribution in [2.45, 2.75) is 56.7 Å². The van der Waals surface area contributed by atoms with Crippen LogP contribution >= 0.6 is 0 Å². The first-order chi connectivity index (χ1) is 17.8. The Morgan fingerprint density at radius 2 is 1.84 bits per heavy atom. The molecule has 1 saturated carbocycles. The number of aromatic nitrogens is 2. The van der Waals surface area contributed by atoms with Gasteiger partial charge in [-0.1, -0.05) is 19.4 Å². The maximum atomic E-state index is 13.0. The van der Waals surface area contributed by atoms with Crippen LogP contribution in [0.2, 0.25) is 0 Å². The summed E-state index contributed by atoms with van der Waals surface area (Å²) in [6, 6.07) is 6.30. The van der Waals surface area contributed by atoms with Gasteiger partial charge < -0.3 is 35.7 Å². The molecule has 2 aromatic rings. The van der Waals surface area contributed by atoms with E-state index in [2.05, 4.69) is 27.5 Å². The van der Waals surface area contributed by atoms with Gasteiger partial charge >= 0.3 is 0 Å². The first-order valence-electron chi connectivity index (χ1n) is 13.1. The molecule has 0 spiro atoms. The Hall–Kier alpha value is -3.66. The van der Waals surface area contributed by atoms with Crippen molar-refractivity contribution in [1.29, 1.82) is 5.41 Å². The van der Waals surface area contributed by atoms with Gasteiger partial charge in [0.15, 0.2) is 0 Å². The normalized spacial score (nSPS) is 21.1. The topological polar surface area (TPSA) is 118 Å². The third-order valence-corrected chi connectivity index (χ3v) is 7.60. The summed E-state index contributed by atoms with van der Waals surface area (Å²) < 4.78 is 2.03. The zero-order valence-corrected chi connectivity index (χ0v) is 21.6. The largest absolute Gasteiger partial charge is 0.343 e. The summed E-state index contributed by atoms with van der Waals surface area (Å²) in [6.07, 6.45) is 9.30. The molecule has 10 nitrogen and oxygen atoms in total. The Morgan fingerprint density at radius 3 is 2.43 bits per heavy atom. The second-order valence-corrected chi connectivity index (χ2v) is 10.5. The van der Waals surface area contributed by atoms with Gasteiger partial charge in [-0.05, 0) is 43.9 Å². The van der Waals surface area contributed by atoms with E-state index >= 15 is 0 Å². The zero-order valence-electron chi connectivity index (χ0n) is 21.6. The van der Waals surface area contributed by atoms with E-state index in [1.807, 2.05) is 9.47 Å². The van der Waals surface area contributed by atoms with Crippen LogP contribution in [-0.4, -0.2) is 76.6 Å². The molecule has 10 heteroatoms. The van der Waals surface area contributed by atoms with Crippen molar-refractivity contribution < 1.29 is 9.59 Å². The van der Waals surface area contributed by atoms with Crippen molar-refractivity contribution in [3.8, 4) is 0 Å². The lowest BCUT2D eigenvalue weighted by atomic mass is 10.2. The lowest BCUT2D eigenvalue weighted by molar-refractivity contribution is 0.0697. The highest BCUT2D eigenvalue weighted by atomic mass is 16.2. The number of nitrogens with one attached hydrogen (secondary N) is 4. The zero-order chi connectivity index (χ0) is 26.1. The standard InChI is InChI=1S/C27H36N8O2/c1-17(30-24-11-8-18(14-29-24)26(36)34-15-20-9-10-21(16-34)32-20)31-25-19(13-28)12-23(27(37)33(2)3)35(25)22-6-4-5-7-22/h8,11-14,20-22,28,31-32H,1,4-7,9-10,15-16H2,2-3H3,(H,29,30). The molecule has 4 heterocycles. The van der Waals surface area contributed by atoms with E-state index in [9.17, 15) is 9.59 Å². The van der Waals surface area contributed by atoms with Crippen LogP contribution in [0.4, 0.5) is 11.6 Å². The van der Waals surface area contributed by atoms with Crippen LogP contribution in [0.3, 0.4) is 0 Å². The van der Waals surface area contributed by atoms with Gasteiger partial charge in [0, 0.05) is 63.3 Å². The van der Waals surface area contributed by atoms with Gasteiger partial charge in [-0.3, -0.25) is 9.59 Å². The molecule has 37 heavy (non-hydrogen) atoms. The van der Waals surface area contributed by atoms with Crippen molar-refractivity contribution in [2.75, 3.05) is 37.8 Å². The van der Waals surface area contributed by atoms with Crippen molar-refractivity contribution in [3.63, 3.8) is 0 Å². The van der Waals surface area contributed by atoms with E-state index in [0.717, 1.165) is 51.6 Å². The Balaban J connectivity index is 1.30. The summed E-state index contributed by atoms with van der Waals surface area (Å²) in [5.41, 5.74) is 1.76. The molecule has 3 aliphatic rings. The minimum Gasteiger partial charge on any atom is -0.343 e. The fraction of sp³-hybridized carbons (Fsp3) is 0.481. The monoisotopic (exact) mass is 504 g/mol. The third kappa shape index (κ3) is 5.11. The van der Waals surface area contributed by atoms with E-state index in [1.165, 1.54) is 6.21 Å². The van der Waals surface area contributed by atoms with E-state index in [4.69, 9.17) is 5.41 Å². The lowest BCUT2D eigenvalue weighted by Gasteiger charge is -2.32. The highest BCUT2D eigenvalue weighted by Gasteiger charge is 2.34. The quantitative estimate of drug-likeness (QED) is 0.410. The number of carbonyl (C=O) groups is 2. The number of fused-ring (bicyclic) bond motifs is 2. The van der Waals surface area contributed by atoms with E-state index in [0.29, 0.717) is 46.4 Å². The smallest absolute Gasteiger partial charge is 0.270 e. The molecular weight excluding hydrogens is 468 g/mol. The lowest BCUT2D eigenvalue weighted by Crippen LogP contribution is -2.53. The average Bonchev–Trinajstić information content (AvgIpc) is 3.62. The van der Waals surface area contributed by atoms with Crippen LogP contribution in [0.5, 0.6) is 0 Å². The Labute approximate surface area is 217 Å². The number of amides is 2. The minimum atomic E-state index is -0.0963. The van der Waals surface area contributed by atoms with Gasteiger partial charge in [0.25, 0.3) is 11.8 Å². The van der Waals surface area contributed by atoms with Crippen LogP contribution in [0.15, 0.2) is 36.8 Å². The maximum absolute atomic E-state index is 13.0. The average molecular weight is 505 g/mol. The van der Waals surface area contributed by atoms with Crippen molar-refractivity contribution >= 4 is 29.7 Å². The second kappa shape index (κ2) is 10.4. The van der Waals surface area contributed by atoms with Crippen molar-refractivity contribution in [1.82, 2.24) is 24.7 Å². The fourth-order valence-electron chi connectivity index (χ4n) is 5.79. The number of anilines is 2. The number of nitrogens with zero attached hydrogens (tertiary/aromatic N) is 4. The summed E-state index contributed by atoms with van der Waals surface area (Å²) in [5.74, 6) is 1.60. The molecule has 2 atom stereocenters. The summed E-state index contributed by atoms with van der Waals surface area (Å²) in [7, 11) is 3.47. The molecule has 0 aromatic carbocycles. The van der Waals surface area contributed by atoms with Gasteiger partial charge in [0.1, 0.15) is 23.2 Å². The molecule has 1 aliphatic carbocycles. The second-order valence-electron chi connectivity index (χ2n) is 10.5. The van der Waals surface area contributed by atoms with Gasteiger partial charge in [-0.25, -0.2) is 4.98 Å². The first kappa shape index (κ1) is 25.0. The predicted molar refractivity (Wildman–Crippen MR) is 144 cm³/mol. The third-order valence-electron chi connectivity index (χ3n) is 7.60. The van der Waals surface area contributed by atoms with Gasteiger partial charge in [-0.15, -0.1) is 0 Å². The number of hydrogen-bond donors (Lipinski definition) is 4. The van der Waals surface area contributed by atoms with Gasteiger partial charge in [0.2, 0.25) is 0 Å². The summed E-state index contributed by atoms with van der Waals surface area (Å²) in [6.45, 7) is 5.58. The molecule has 2 saturated heterocycles. The van der Waals surface area contributed by atoms with Crippen LogP contribution < -0.4 is 16.0 Å². The maximum Gasteiger partial charge on any atom is 0.270 e. The van der Waals surface area contributed by atoms with Crippen LogP contribution in [0.1, 0.15) is 71.0 Å². The number of carbonyl (C=O) groups excluding carboxylic acids is 2. The molecule has 196 valence electrons. The van der Waals surface area contributed by atoms with E-state index < -0.39 is 0 Å². The number of piperazine rings is 1. The Bertz CT molecular complexity index is 1180. The SMILES string of the molecule is C=C(Nc1ccc(C(=O)N2CC3CCC(C2)N3)cn1)Nc1c(C=N)cc(C(=O)N(C)C)n1C1CCCC1. The van der Waals surface area contributed by atoms with Crippen molar-refractivity contribution in [2.24, 2.45) is 0 Å². The highest BCUT2D eigenvalue weighted by molar-refractivity contribution is 5.98. The fourth-order valence-corrected chi connectivity index (χ4v) is 5.79. The summed E-state index contributed by atoms with van der Waals surface area (Å²) >= 11 is 0. The molecule has 2 amide bonds. The van der Waals surface area contributed by atoms with Crippen LogP contribution in [-0.2, 0) is 0 Å². The van der Waals surface area contributed by atoms with Crippen molar-refractivity contribution in [3.05, 3.63) is 53.6 Å². The van der Waals surface area contributed by atoms with Crippen LogP contribution in [0, 0.1) is 5.41 Å². The summed E-state index contributed by atoms with van der Waals surface area (Å²) in [4.78, 5) is 33.8. The van der Waals surface area contributed by atoms with Gasteiger partial charge in [0.05, 0.1) is 5.56 Å². The molecule has 2 aliphatic heterocycles. The molecule has 2 bridgehead atoms. The molecule has 0 radical (unpaired) electrons. The van der Waals surface area contributed by atoms with E-state index in [1.54, 1.807) is 43.4 Å². The number of rotatable bonds is 8. The van der Waals surface area contributed by atoms with Crippen LogP contribution in [0.25, 0.3) is 0 Å². The summed E-state index contributed by atoms with van der Waals surface area (Å²) in [5, 5.41) is 17.9. The minimum absolute atomic E-state index is 0.0116. The predicted octanol–water partition coefficient (Wildman–Crippen LogP) is 3.27. The number of pyridine rings is 1. The van der Waals surface area contributed by atoms with E-state index in [-0.39, 0.29) is 17.9 Å². The molecule has 3 fully saturated rings. The Kier molecular flexibility index (Phi) is 7.01. The molecular formula is C27H36N8O2. The number of likely N-dealkylation sites (tertiary alicyclic amines) is 1. The highest BCUT2D eigenvalue weighted by Crippen LogP contribution is 2.36. The first-order valence-corrected chi connectivity index (χ1v) is 13.1. The number of hydrogen-bond acceptors (Lipinski definition) is 7. The molecule has 2 unspecified atom stereocenters. The van der Waals surface area contributed by atoms with Gasteiger partial charge in [-0.2, -0.15) is 0 Å². The molecule has 4 N–H and O–H groups in total. The molecule has 5 rings (SSSR count). The Morgan fingerprint density at radius 1 is 1.14 bits per heavy atom.